The van der Waals surface area contributed by atoms with Crippen LogP contribution in [0.1, 0.15) is 61.0 Å². The number of unbranched alkanes of at least 4 members (excludes halogenated alkanes) is 1. The largest absolute Gasteiger partial charge is 0.480 e. The molecule has 2 N–H and O–H groups in total. The van der Waals surface area contributed by atoms with Crippen molar-refractivity contribution in [3.63, 3.8) is 0 Å². The molecule has 3 rings (SSSR count). The molecule has 0 bridgehead atoms. The third-order valence-electron chi connectivity index (χ3n) is 4.47. The van der Waals surface area contributed by atoms with E-state index in [1.807, 2.05) is 37.3 Å². The first kappa shape index (κ1) is 17.2. The van der Waals surface area contributed by atoms with Gasteiger partial charge in [0.25, 0.3) is 5.91 Å². The zero-order valence-electron chi connectivity index (χ0n) is 14.3. The van der Waals surface area contributed by atoms with Gasteiger partial charge in [-0.3, -0.25) is 4.79 Å². The fourth-order valence-electron chi connectivity index (χ4n) is 2.96. The van der Waals surface area contributed by atoms with Gasteiger partial charge in [0.05, 0.1) is 23.1 Å². The van der Waals surface area contributed by atoms with Crippen LogP contribution in [0.15, 0.2) is 36.5 Å². The summed E-state index contributed by atoms with van der Waals surface area (Å²) >= 11 is 0. The predicted octanol–water partition coefficient (Wildman–Crippen LogP) is 3.12. The standard InChI is InChI=1S/C19H23N3O3/c1-2-3-9-16(19(24)25)21-18(23)15-12-20-22(17(15)13-10-11-13)14-7-5-4-6-8-14/h4-8,12-13,16H,2-3,9-11H2,1H3,(H,21,23)(H,24,25). The van der Waals surface area contributed by atoms with Gasteiger partial charge in [-0.25, -0.2) is 9.48 Å². The van der Waals surface area contributed by atoms with E-state index in [-0.39, 0.29) is 5.91 Å². The highest BCUT2D eigenvalue weighted by Crippen LogP contribution is 2.42. The fraction of sp³-hybridized carbons (Fsp3) is 0.421. The maximum atomic E-state index is 12.7. The van der Waals surface area contributed by atoms with E-state index < -0.39 is 12.0 Å². The number of para-hydroxylation sites is 1. The van der Waals surface area contributed by atoms with Crippen molar-refractivity contribution in [3.05, 3.63) is 47.8 Å². The van der Waals surface area contributed by atoms with E-state index in [2.05, 4.69) is 10.4 Å². The molecule has 1 aliphatic carbocycles. The molecule has 6 nitrogen and oxygen atoms in total. The molecule has 6 heteroatoms. The number of nitrogens with zero attached hydrogens (tertiary/aromatic N) is 2. The third-order valence-corrected chi connectivity index (χ3v) is 4.47. The monoisotopic (exact) mass is 341 g/mol. The van der Waals surface area contributed by atoms with E-state index in [4.69, 9.17) is 0 Å². The predicted molar refractivity (Wildman–Crippen MR) is 94.0 cm³/mol. The Kier molecular flexibility index (Phi) is 5.16. The molecule has 1 fully saturated rings. The van der Waals surface area contributed by atoms with Crippen LogP contribution >= 0.6 is 0 Å². The first-order chi connectivity index (χ1) is 12.1. The summed E-state index contributed by atoms with van der Waals surface area (Å²) in [5.41, 5.74) is 2.27. The van der Waals surface area contributed by atoms with Gasteiger partial charge in [-0.2, -0.15) is 5.10 Å². The zero-order valence-corrected chi connectivity index (χ0v) is 14.3. The van der Waals surface area contributed by atoms with Crippen LogP contribution in [0.2, 0.25) is 0 Å². The number of nitrogens with one attached hydrogen (secondary N) is 1. The molecular weight excluding hydrogens is 318 g/mol. The Morgan fingerprint density at radius 1 is 1.32 bits per heavy atom. The topological polar surface area (TPSA) is 84.2 Å². The number of carbonyl (C=O) groups excluding carboxylic acids is 1. The van der Waals surface area contributed by atoms with Crippen molar-refractivity contribution in [3.8, 4) is 5.69 Å². The normalized spacial score (nSPS) is 14.9. The van der Waals surface area contributed by atoms with Crippen molar-refractivity contribution in [2.24, 2.45) is 0 Å². The number of amides is 1. The quantitative estimate of drug-likeness (QED) is 0.772. The number of carbonyl (C=O) groups is 2. The van der Waals surface area contributed by atoms with Crippen molar-refractivity contribution < 1.29 is 14.7 Å². The van der Waals surface area contributed by atoms with Gasteiger partial charge in [-0.05, 0) is 31.4 Å². The molecule has 132 valence electrons. The molecule has 0 spiro atoms. The summed E-state index contributed by atoms with van der Waals surface area (Å²) in [5.74, 6) is -1.04. The van der Waals surface area contributed by atoms with Gasteiger partial charge in [0.1, 0.15) is 6.04 Å². The summed E-state index contributed by atoms with van der Waals surface area (Å²) in [6.07, 6.45) is 5.68. The van der Waals surface area contributed by atoms with E-state index in [9.17, 15) is 14.7 Å². The van der Waals surface area contributed by atoms with Crippen LogP contribution in [0.3, 0.4) is 0 Å². The number of carboxylic acids is 1. The third kappa shape index (κ3) is 3.90. The number of benzene rings is 1. The number of aliphatic carboxylic acids is 1. The Labute approximate surface area is 146 Å². The van der Waals surface area contributed by atoms with Gasteiger partial charge < -0.3 is 10.4 Å². The molecule has 1 saturated carbocycles. The van der Waals surface area contributed by atoms with Crippen molar-refractivity contribution >= 4 is 11.9 Å². The highest BCUT2D eigenvalue weighted by molar-refractivity contribution is 5.97. The second-order valence-corrected chi connectivity index (χ2v) is 6.47. The van der Waals surface area contributed by atoms with E-state index >= 15 is 0 Å². The molecular formula is C19H23N3O3. The second-order valence-electron chi connectivity index (χ2n) is 6.47. The lowest BCUT2D eigenvalue weighted by molar-refractivity contribution is -0.139. The number of hydrogen-bond donors (Lipinski definition) is 2. The summed E-state index contributed by atoms with van der Waals surface area (Å²) in [4.78, 5) is 24.1. The minimum absolute atomic E-state index is 0.308. The maximum absolute atomic E-state index is 12.7. The van der Waals surface area contributed by atoms with Gasteiger partial charge in [0, 0.05) is 5.92 Å². The lowest BCUT2D eigenvalue weighted by atomic mass is 10.1. The van der Waals surface area contributed by atoms with E-state index in [1.54, 1.807) is 10.9 Å². The summed E-state index contributed by atoms with van der Waals surface area (Å²) in [6.45, 7) is 2.00. The average Bonchev–Trinajstić information content (AvgIpc) is 3.36. The molecule has 1 heterocycles. The van der Waals surface area contributed by atoms with Crippen molar-refractivity contribution in [1.29, 1.82) is 0 Å². The van der Waals surface area contributed by atoms with E-state index in [1.165, 1.54) is 0 Å². The average molecular weight is 341 g/mol. The van der Waals surface area contributed by atoms with E-state index in [0.717, 1.165) is 37.1 Å². The number of carboxylic acid groups (broad SMARTS) is 1. The molecule has 0 aliphatic heterocycles. The van der Waals surface area contributed by atoms with Crippen molar-refractivity contribution in [2.75, 3.05) is 0 Å². The van der Waals surface area contributed by atoms with Crippen LogP contribution in [0.4, 0.5) is 0 Å². The lowest BCUT2D eigenvalue weighted by Crippen LogP contribution is -2.41. The number of rotatable bonds is 8. The van der Waals surface area contributed by atoms with Gasteiger partial charge in [0.15, 0.2) is 0 Å². The summed E-state index contributed by atoms with van der Waals surface area (Å²) in [6, 6.07) is 8.82. The first-order valence-corrected chi connectivity index (χ1v) is 8.78. The molecule has 1 unspecified atom stereocenters. The van der Waals surface area contributed by atoms with Crippen LogP contribution in [0, 0.1) is 0 Å². The molecule has 1 aromatic carbocycles. The summed E-state index contributed by atoms with van der Waals surface area (Å²) in [7, 11) is 0. The Hall–Kier alpha value is -2.63. The number of hydrogen-bond acceptors (Lipinski definition) is 3. The molecule has 1 atom stereocenters. The molecule has 1 amide bonds. The summed E-state index contributed by atoms with van der Waals surface area (Å²) < 4.78 is 1.80. The van der Waals surface area contributed by atoms with Gasteiger partial charge >= 0.3 is 5.97 Å². The molecule has 1 aliphatic rings. The second kappa shape index (κ2) is 7.51. The highest BCUT2D eigenvalue weighted by Gasteiger charge is 2.33. The minimum atomic E-state index is -0.995. The molecule has 0 saturated heterocycles. The van der Waals surface area contributed by atoms with Crippen LogP contribution in [-0.4, -0.2) is 32.8 Å². The summed E-state index contributed by atoms with van der Waals surface area (Å²) in [5, 5.41) is 16.4. The Balaban J connectivity index is 1.85. The smallest absolute Gasteiger partial charge is 0.326 e. The first-order valence-electron chi connectivity index (χ1n) is 8.78. The molecule has 0 radical (unpaired) electrons. The van der Waals surface area contributed by atoms with Crippen LogP contribution in [-0.2, 0) is 4.79 Å². The van der Waals surface area contributed by atoms with E-state index in [0.29, 0.717) is 17.9 Å². The Morgan fingerprint density at radius 2 is 2.04 bits per heavy atom. The maximum Gasteiger partial charge on any atom is 0.326 e. The minimum Gasteiger partial charge on any atom is -0.480 e. The van der Waals surface area contributed by atoms with Gasteiger partial charge in [0.2, 0.25) is 0 Å². The molecule has 25 heavy (non-hydrogen) atoms. The lowest BCUT2D eigenvalue weighted by Gasteiger charge is -2.14. The van der Waals surface area contributed by atoms with Crippen LogP contribution < -0.4 is 5.32 Å². The molecule has 2 aromatic rings. The van der Waals surface area contributed by atoms with Gasteiger partial charge in [-0.15, -0.1) is 0 Å². The number of aromatic nitrogens is 2. The van der Waals surface area contributed by atoms with Crippen molar-refractivity contribution in [2.45, 2.75) is 51.0 Å². The zero-order chi connectivity index (χ0) is 17.8. The van der Waals surface area contributed by atoms with Gasteiger partial charge in [-0.1, -0.05) is 38.0 Å². The highest BCUT2D eigenvalue weighted by atomic mass is 16.4. The Bertz CT molecular complexity index is 751. The van der Waals surface area contributed by atoms with Crippen molar-refractivity contribution in [1.82, 2.24) is 15.1 Å². The SMILES string of the molecule is CCCCC(NC(=O)c1cnn(-c2ccccc2)c1C1CC1)C(=O)O. The van der Waals surface area contributed by atoms with Crippen LogP contribution in [0.25, 0.3) is 5.69 Å². The Morgan fingerprint density at radius 3 is 2.64 bits per heavy atom. The van der Waals surface area contributed by atoms with Crippen LogP contribution in [0.5, 0.6) is 0 Å². The fourth-order valence-corrected chi connectivity index (χ4v) is 2.96. The molecule has 1 aromatic heterocycles.